The maximum Gasteiger partial charge on any atom is 0.156 e. The van der Waals surface area contributed by atoms with Gasteiger partial charge < -0.3 is 4.74 Å². The minimum absolute atomic E-state index is 0.714. The number of hydrogen-bond acceptors (Lipinski definition) is 2. The van der Waals surface area contributed by atoms with E-state index < -0.39 is 5.60 Å². The Morgan fingerprint density at radius 3 is 3.00 bits per heavy atom. The highest BCUT2D eigenvalue weighted by molar-refractivity contribution is 9.10. The molecule has 2 nitrogen and oxygen atoms in total. The Bertz CT molecular complexity index is 389. The molecule has 0 amide bonds. The molecule has 0 saturated carbocycles. The second kappa shape index (κ2) is 4.06. The van der Waals surface area contributed by atoms with Gasteiger partial charge in [-0.1, -0.05) is 22.0 Å². The lowest BCUT2D eigenvalue weighted by Gasteiger charge is -2.33. The number of hydrogen-bond donors (Lipinski definition) is 0. The molecular weight excluding hydrogens is 256 g/mol. The van der Waals surface area contributed by atoms with Gasteiger partial charge in [-0.2, -0.15) is 0 Å². The number of aldehydes is 1. The van der Waals surface area contributed by atoms with Crippen LogP contribution in [0.2, 0.25) is 0 Å². The third kappa shape index (κ3) is 1.74. The largest absolute Gasteiger partial charge is 0.366 e. The first-order chi connectivity index (χ1) is 7.22. The van der Waals surface area contributed by atoms with Crippen LogP contribution in [0.15, 0.2) is 22.7 Å². The molecule has 15 heavy (non-hydrogen) atoms. The van der Waals surface area contributed by atoms with Gasteiger partial charge in [0.1, 0.15) is 5.60 Å². The molecule has 1 unspecified atom stereocenters. The lowest BCUT2D eigenvalue weighted by Crippen LogP contribution is -2.34. The molecule has 1 aliphatic carbocycles. The van der Waals surface area contributed by atoms with Gasteiger partial charge in [-0.25, -0.2) is 0 Å². The van der Waals surface area contributed by atoms with E-state index >= 15 is 0 Å². The Hall–Kier alpha value is -0.670. The highest BCUT2D eigenvalue weighted by Crippen LogP contribution is 2.37. The minimum atomic E-state index is -0.714. The predicted octanol–water partition coefficient (Wildman–Crippen LogP) is 2.83. The molecule has 1 aromatic carbocycles. The lowest BCUT2D eigenvalue weighted by atomic mass is 9.80. The van der Waals surface area contributed by atoms with Gasteiger partial charge in [0.25, 0.3) is 0 Å². The predicted molar refractivity (Wildman–Crippen MR) is 61.8 cm³/mol. The molecule has 1 aliphatic rings. The van der Waals surface area contributed by atoms with Crippen LogP contribution in [-0.2, 0) is 21.6 Å². The van der Waals surface area contributed by atoms with Crippen LogP contribution in [-0.4, -0.2) is 13.4 Å². The summed E-state index contributed by atoms with van der Waals surface area (Å²) in [5.74, 6) is 0. The van der Waals surface area contributed by atoms with Crippen LogP contribution in [0.1, 0.15) is 24.0 Å². The molecule has 3 heteroatoms. The van der Waals surface area contributed by atoms with Crippen molar-refractivity contribution in [1.82, 2.24) is 0 Å². The van der Waals surface area contributed by atoms with E-state index in [1.807, 2.05) is 12.1 Å². The van der Waals surface area contributed by atoms with Crippen molar-refractivity contribution in [1.29, 1.82) is 0 Å². The van der Waals surface area contributed by atoms with Crippen molar-refractivity contribution in [3.05, 3.63) is 33.8 Å². The molecule has 0 N–H and O–H groups in total. The molecule has 2 rings (SSSR count). The van der Waals surface area contributed by atoms with Crippen LogP contribution in [0.25, 0.3) is 0 Å². The first-order valence-electron chi connectivity index (χ1n) is 5.02. The van der Waals surface area contributed by atoms with Crippen molar-refractivity contribution in [3.8, 4) is 0 Å². The number of methoxy groups -OCH3 is 1. The maximum absolute atomic E-state index is 11.2. The standard InChI is InChI=1S/C12H13BrO2/c1-15-12(8-14)6-2-3-9-7-10(13)4-5-11(9)12/h4-5,7-8H,2-3,6H2,1H3. The molecule has 0 bridgehead atoms. The molecule has 0 aromatic heterocycles. The van der Waals surface area contributed by atoms with E-state index in [-0.39, 0.29) is 0 Å². The van der Waals surface area contributed by atoms with Crippen molar-refractivity contribution in [2.24, 2.45) is 0 Å². The highest BCUT2D eigenvalue weighted by Gasteiger charge is 2.36. The molecule has 0 radical (unpaired) electrons. The third-order valence-corrected chi connectivity index (χ3v) is 3.57. The molecule has 80 valence electrons. The summed E-state index contributed by atoms with van der Waals surface area (Å²) in [6, 6.07) is 6.02. The van der Waals surface area contributed by atoms with Crippen LogP contribution in [0.4, 0.5) is 0 Å². The molecule has 1 aromatic rings. The third-order valence-electron chi connectivity index (χ3n) is 3.07. The van der Waals surface area contributed by atoms with E-state index in [4.69, 9.17) is 4.74 Å². The number of rotatable bonds is 2. The van der Waals surface area contributed by atoms with Crippen LogP contribution in [0.5, 0.6) is 0 Å². The van der Waals surface area contributed by atoms with E-state index in [1.165, 1.54) is 5.56 Å². The van der Waals surface area contributed by atoms with Crippen molar-refractivity contribution >= 4 is 22.2 Å². The second-order valence-electron chi connectivity index (χ2n) is 3.87. The zero-order chi connectivity index (χ0) is 10.9. The number of carbonyl (C=O) groups is 1. The van der Waals surface area contributed by atoms with Crippen molar-refractivity contribution in [3.63, 3.8) is 0 Å². The monoisotopic (exact) mass is 268 g/mol. The van der Waals surface area contributed by atoms with Gasteiger partial charge in [0.2, 0.25) is 0 Å². The first-order valence-corrected chi connectivity index (χ1v) is 5.81. The van der Waals surface area contributed by atoms with Gasteiger partial charge in [-0.15, -0.1) is 0 Å². The van der Waals surface area contributed by atoms with Crippen LogP contribution >= 0.6 is 15.9 Å². The molecule has 0 saturated heterocycles. The summed E-state index contributed by atoms with van der Waals surface area (Å²) in [6.45, 7) is 0. The number of benzene rings is 1. The highest BCUT2D eigenvalue weighted by atomic mass is 79.9. The Kier molecular flexibility index (Phi) is 2.94. The Morgan fingerprint density at radius 1 is 1.53 bits per heavy atom. The fourth-order valence-electron chi connectivity index (χ4n) is 2.24. The maximum atomic E-state index is 11.2. The van der Waals surface area contributed by atoms with Crippen LogP contribution in [0, 0.1) is 0 Å². The summed E-state index contributed by atoms with van der Waals surface area (Å²) in [7, 11) is 1.60. The molecule has 1 atom stereocenters. The Labute approximate surface area is 97.8 Å². The van der Waals surface area contributed by atoms with Gasteiger partial charge in [0, 0.05) is 11.6 Å². The average Bonchev–Trinajstić information content (AvgIpc) is 2.27. The molecule has 0 heterocycles. The van der Waals surface area contributed by atoms with Crippen molar-refractivity contribution in [2.45, 2.75) is 24.9 Å². The van der Waals surface area contributed by atoms with Gasteiger partial charge in [0.15, 0.2) is 6.29 Å². The van der Waals surface area contributed by atoms with Gasteiger partial charge >= 0.3 is 0 Å². The summed E-state index contributed by atoms with van der Waals surface area (Å²) in [4.78, 5) is 11.2. The normalized spacial score (nSPS) is 24.7. The number of carbonyl (C=O) groups excluding carboxylic acids is 1. The summed E-state index contributed by atoms with van der Waals surface area (Å²) in [6.07, 6.45) is 3.73. The number of ether oxygens (including phenoxy) is 1. The fourth-order valence-corrected chi connectivity index (χ4v) is 2.65. The smallest absolute Gasteiger partial charge is 0.156 e. The van der Waals surface area contributed by atoms with Gasteiger partial charge in [0.05, 0.1) is 0 Å². The molecule has 0 aliphatic heterocycles. The number of fused-ring (bicyclic) bond motifs is 1. The molecule has 0 spiro atoms. The Morgan fingerprint density at radius 2 is 2.33 bits per heavy atom. The number of aryl methyl sites for hydroxylation is 1. The lowest BCUT2D eigenvalue weighted by molar-refractivity contribution is -0.130. The number of halogens is 1. The van der Waals surface area contributed by atoms with E-state index in [9.17, 15) is 4.79 Å². The topological polar surface area (TPSA) is 26.3 Å². The zero-order valence-corrected chi connectivity index (χ0v) is 10.2. The van der Waals surface area contributed by atoms with E-state index in [2.05, 4.69) is 22.0 Å². The zero-order valence-electron chi connectivity index (χ0n) is 8.63. The van der Waals surface area contributed by atoms with Gasteiger partial charge in [-0.05, 0) is 42.5 Å². The van der Waals surface area contributed by atoms with Crippen LogP contribution < -0.4 is 0 Å². The molecular formula is C12H13BrO2. The summed E-state index contributed by atoms with van der Waals surface area (Å²) in [5.41, 5.74) is 1.52. The van der Waals surface area contributed by atoms with Gasteiger partial charge in [-0.3, -0.25) is 4.79 Å². The van der Waals surface area contributed by atoms with E-state index in [1.54, 1.807) is 7.11 Å². The molecule has 0 fully saturated rings. The SMILES string of the molecule is COC1(C=O)CCCc2cc(Br)ccc21. The minimum Gasteiger partial charge on any atom is -0.366 e. The van der Waals surface area contributed by atoms with Crippen molar-refractivity contribution < 1.29 is 9.53 Å². The summed E-state index contributed by atoms with van der Waals surface area (Å²) in [5, 5.41) is 0. The Balaban J connectivity index is 2.55. The summed E-state index contributed by atoms with van der Waals surface area (Å²) < 4.78 is 6.47. The quantitative estimate of drug-likeness (QED) is 0.772. The first kappa shape index (κ1) is 10.8. The average molecular weight is 269 g/mol. The van der Waals surface area contributed by atoms with E-state index in [0.717, 1.165) is 35.6 Å². The fraction of sp³-hybridized carbons (Fsp3) is 0.417. The van der Waals surface area contributed by atoms with Crippen molar-refractivity contribution in [2.75, 3.05) is 7.11 Å². The second-order valence-corrected chi connectivity index (χ2v) is 4.78. The summed E-state index contributed by atoms with van der Waals surface area (Å²) >= 11 is 3.44. The van der Waals surface area contributed by atoms with E-state index in [0.29, 0.717) is 0 Å². The van der Waals surface area contributed by atoms with Crippen LogP contribution in [0.3, 0.4) is 0 Å².